The lowest BCUT2D eigenvalue weighted by molar-refractivity contribution is 0.269. The fraction of sp³-hybridized carbons (Fsp3) is 0.727. The summed E-state index contributed by atoms with van der Waals surface area (Å²) in [4.78, 5) is 3.94. The number of piperidine rings is 1. The Morgan fingerprint density at radius 2 is 2.21 bits per heavy atom. The number of thiazole rings is 1. The largest absolute Gasteiger partial charge is 0.317 e. The highest BCUT2D eigenvalue weighted by Gasteiger charge is 2.28. The zero-order valence-corrected chi connectivity index (χ0v) is 12.6. The average molecular weight is 304 g/mol. The highest BCUT2D eigenvalue weighted by molar-refractivity contribution is 7.90. The van der Waals surface area contributed by atoms with Crippen molar-refractivity contribution < 1.29 is 8.42 Å². The summed E-state index contributed by atoms with van der Waals surface area (Å²) in [5.74, 6) is 0.575. The molecule has 0 radical (unpaired) electrons. The summed E-state index contributed by atoms with van der Waals surface area (Å²) in [6.07, 6.45) is 3.41. The standard InChI is InChI=1S/C11H20N4O2S2/c1-2-12-9-10-3-6-15(7-4-10)19(16,17)14-11-13-5-8-18-11/h5,8,10,12H,2-4,6-7,9H2,1H3,(H,13,14). The van der Waals surface area contributed by atoms with E-state index in [0.29, 0.717) is 24.1 Å². The molecule has 1 aromatic heterocycles. The summed E-state index contributed by atoms with van der Waals surface area (Å²) in [6.45, 7) is 5.18. The van der Waals surface area contributed by atoms with Gasteiger partial charge in [-0.05, 0) is 31.8 Å². The van der Waals surface area contributed by atoms with Crippen molar-refractivity contribution in [2.24, 2.45) is 5.92 Å². The minimum atomic E-state index is -3.44. The molecule has 0 aromatic carbocycles. The zero-order chi connectivity index (χ0) is 13.7. The van der Waals surface area contributed by atoms with E-state index >= 15 is 0 Å². The third-order valence-corrected chi connectivity index (χ3v) is 5.56. The van der Waals surface area contributed by atoms with Crippen molar-refractivity contribution in [1.82, 2.24) is 14.6 Å². The Hall–Kier alpha value is -0.700. The summed E-state index contributed by atoms with van der Waals surface area (Å²) < 4.78 is 28.3. The third-order valence-electron chi connectivity index (χ3n) is 3.25. The molecule has 6 nitrogen and oxygen atoms in total. The number of nitrogens with one attached hydrogen (secondary N) is 2. The summed E-state index contributed by atoms with van der Waals surface area (Å²) >= 11 is 1.29. The summed E-state index contributed by atoms with van der Waals surface area (Å²) in [5.41, 5.74) is 0. The van der Waals surface area contributed by atoms with Crippen molar-refractivity contribution in [2.75, 3.05) is 30.9 Å². The maximum atomic E-state index is 12.1. The summed E-state index contributed by atoms with van der Waals surface area (Å²) in [6, 6.07) is 0. The molecule has 0 atom stereocenters. The van der Waals surface area contributed by atoms with Crippen LogP contribution in [0.1, 0.15) is 19.8 Å². The van der Waals surface area contributed by atoms with E-state index in [1.165, 1.54) is 15.6 Å². The molecule has 1 aromatic rings. The quantitative estimate of drug-likeness (QED) is 0.826. The van der Waals surface area contributed by atoms with Crippen LogP contribution in [0.5, 0.6) is 0 Å². The lowest BCUT2D eigenvalue weighted by atomic mass is 9.98. The Labute approximate surface area is 118 Å². The minimum absolute atomic E-state index is 0.426. The van der Waals surface area contributed by atoms with Gasteiger partial charge in [0.1, 0.15) is 0 Å². The van der Waals surface area contributed by atoms with Gasteiger partial charge in [0.25, 0.3) is 0 Å². The first-order valence-electron chi connectivity index (χ1n) is 6.50. The van der Waals surface area contributed by atoms with Crippen LogP contribution in [0.25, 0.3) is 0 Å². The molecule has 19 heavy (non-hydrogen) atoms. The number of anilines is 1. The van der Waals surface area contributed by atoms with Crippen LogP contribution in [-0.4, -0.2) is 43.9 Å². The Morgan fingerprint density at radius 3 is 2.79 bits per heavy atom. The molecule has 108 valence electrons. The Bertz CT molecular complexity index is 467. The minimum Gasteiger partial charge on any atom is -0.317 e. The van der Waals surface area contributed by atoms with E-state index in [0.717, 1.165) is 25.9 Å². The van der Waals surface area contributed by atoms with Crippen LogP contribution in [0.2, 0.25) is 0 Å². The van der Waals surface area contributed by atoms with Gasteiger partial charge in [-0.25, -0.2) is 9.71 Å². The van der Waals surface area contributed by atoms with Gasteiger partial charge in [0.2, 0.25) is 0 Å². The molecule has 0 aliphatic carbocycles. The maximum Gasteiger partial charge on any atom is 0.303 e. The molecule has 0 amide bonds. The highest BCUT2D eigenvalue weighted by Crippen LogP contribution is 2.21. The second-order valence-corrected chi connectivity index (χ2v) is 7.16. The van der Waals surface area contributed by atoms with Gasteiger partial charge in [-0.2, -0.15) is 12.7 Å². The molecule has 2 N–H and O–H groups in total. The van der Waals surface area contributed by atoms with Gasteiger partial charge in [-0.15, -0.1) is 11.3 Å². The van der Waals surface area contributed by atoms with E-state index in [1.807, 2.05) is 0 Å². The molecule has 1 fully saturated rings. The van der Waals surface area contributed by atoms with E-state index in [9.17, 15) is 8.42 Å². The van der Waals surface area contributed by atoms with Crippen LogP contribution >= 0.6 is 11.3 Å². The molecule has 0 saturated carbocycles. The van der Waals surface area contributed by atoms with Gasteiger partial charge in [-0.3, -0.25) is 0 Å². The van der Waals surface area contributed by atoms with Gasteiger partial charge >= 0.3 is 10.2 Å². The predicted octanol–water partition coefficient (Wildman–Crippen LogP) is 1.12. The van der Waals surface area contributed by atoms with Gasteiger partial charge < -0.3 is 5.32 Å². The number of aromatic nitrogens is 1. The van der Waals surface area contributed by atoms with E-state index in [1.54, 1.807) is 11.6 Å². The Morgan fingerprint density at radius 1 is 1.47 bits per heavy atom. The second-order valence-electron chi connectivity index (χ2n) is 4.59. The maximum absolute atomic E-state index is 12.1. The highest BCUT2D eigenvalue weighted by atomic mass is 32.2. The molecule has 2 rings (SSSR count). The van der Waals surface area contributed by atoms with Crippen molar-refractivity contribution in [3.8, 4) is 0 Å². The first-order valence-corrected chi connectivity index (χ1v) is 8.82. The molecule has 0 unspecified atom stereocenters. The number of nitrogens with zero attached hydrogens (tertiary/aromatic N) is 2. The van der Waals surface area contributed by atoms with Crippen molar-refractivity contribution in [2.45, 2.75) is 19.8 Å². The van der Waals surface area contributed by atoms with Crippen LogP contribution in [0, 0.1) is 5.92 Å². The summed E-state index contributed by atoms with van der Waals surface area (Å²) in [7, 11) is -3.44. The van der Waals surface area contributed by atoms with Crippen LogP contribution < -0.4 is 10.0 Å². The molecular weight excluding hydrogens is 284 g/mol. The lowest BCUT2D eigenvalue weighted by Crippen LogP contribution is -2.43. The molecule has 0 spiro atoms. The smallest absolute Gasteiger partial charge is 0.303 e. The van der Waals surface area contributed by atoms with Gasteiger partial charge in [-0.1, -0.05) is 6.92 Å². The van der Waals surface area contributed by atoms with Crippen LogP contribution in [0.3, 0.4) is 0 Å². The van der Waals surface area contributed by atoms with E-state index in [-0.39, 0.29) is 0 Å². The molecule has 1 aliphatic heterocycles. The first-order chi connectivity index (χ1) is 9.12. The first kappa shape index (κ1) is 14.7. The van der Waals surface area contributed by atoms with Gasteiger partial charge in [0.05, 0.1) is 0 Å². The summed E-state index contributed by atoms with van der Waals surface area (Å²) in [5, 5.41) is 5.49. The van der Waals surface area contributed by atoms with Gasteiger partial charge in [0, 0.05) is 24.7 Å². The van der Waals surface area contributed by atoms with Crippen molar-refractivity contribution in [3.05, 3.63) is 11.6 Å². The Kier molecular flexibility index (Phi) is 5.14. The average Bonchev–Trinajstić information content (AvgIpc) is 2.89. The monoisotopic (exact) mass is 304 g/mol. The van der Waals surface area contributed by atoms with Crippen LogP contribution in [-0.2, 0) is 10.2 Å². The number of rotatable bonds is 6. The fourth-order valence-corrected chi connectivity index (χ4v) is 4.13. The number of hydrogen-bond acceptors (Lipinski definition) is 5. The normalized spacial score (nSPS) is 18.6. The van der Waals surface area contributed by atoms with Crippen molar-refractivity contribution >= 4 is 26.7 Å². The second kappa shape index (κ2) is 6.65. The van der Waals surface area contributed by atoms with Crippen molar-refractivity contribution in [1.29, 1.82) is 0 Å². The van der Waals surface area contributed by atoms with E-state index in [4.69, 9.17) is 0 Å². The van der Waals surface area contributed by atoms with Gasteiger partial charge in [0.15, 0.2) is 5.13 Å². The predicted molar refractivity (Wildman–Crippen MR) is 77.5 cm³/mol. The topological polar surface area (TPSA) is 74.3 Å². The van der Waals surface area contributed by atoms with Crippen molar-refractivity contribution in [3.63, 3.8) is 0 Å². The third kappa shape index (κ3) is 4.13. The number of hydrogen-bond donors (Lipinski definition) is 2. The molecule has 1 saturated heterocycles. The Balaban J connectivity index is 1.86. The molecule has 8 heteroatoms. The molecule has 0 bridgehead atoms. The van der Waals surface area contributed by atoms with Crippen LogP contribution in [0.4, 0.5) is 5.13 Å². The SMILES string of the molecule is CCNCC1CCN(S(=O)(=O)Nc2nccs2)CC1. The van der Waals surface area contributed by atoms with E-state index < -0.39 is 10.2 Å². The molecule has 1 aliphatic rings. The van der Waals surface area contributed by atoms with E-state index in [2.05, 4.69) is 21.9 Å². The fourth-order valence-electron chi connectivity index (χ4n) is 2.15. The lowest BCUT2D eigenvalue weighted by Gasteiger charge is -2.31. The molecule has 2 heterocycles. The zero-order valence-electron chi connectivity index (χ0n) is 11.0. The van der Waals surface area contributed by atoms with Crippen LogP contribution in [0.15, 0.2) is 11.6 Å². The molecular formula is C11H20N4O2S2.